The number of carbonyl (C=O) groups is 1. The Bertz CT molecular complexity index is 539. The normalized spacial score (nSPS) is 13.7. The molecule has 0 bridgehead atoms. The monoisotopic (exact) mass is 272 g/mol. The molecule has 0 heterocycles. The highest BCUT2D eigenvalue weighted by atomic mass is 19.1. The van der Waals surface area contributed by atoms with Crippen LogP contribution in [-0.4, -0.2) is 23.2 Å². The molecule has 0 saturated heterocycles. The summed E-state index contributed by atoms with van der Waals surface area (Å²) in [6.45, 7) is 0. The first-order chi connectivity index (χ1) is 9.66. The van der Waals surface area contributed by atoms with Crippen LogP contribution in [0.25, 0.3) is 0 Å². The first kappa shape index (κ1) is 14.4. The molecule has 0 aliphatic heterocycles. The van der Waals surface area contributed by atoms with Gasteiger partial charge >= 0.3 is 0 Å². The van der Waals surface area contributed by atoms with E-state index in [0.717, 1.165) is 5.56 Å². The number of alkyl halides is 1. The molecule has 0 unspecified atom stereocenters. The molecule has 0 saturated carbocycles. The fourth-order valence-electron chi connectivity index (χ4n) is 2.04. The van der Waals surface area contributed by atoms with Crippen molar-refractivity contribution in [3.8, 4) is 0 Å². The zero-order valence-electron chi connectivity index (χ0n) is 11.1. The molecule has 2 atom stereocenters. The fraction of sp³-hybridized carbons (Fsp3) is 0.235. The van der Waals surface area contributed by atoms with Crippen LogP contribution in [-0.2, 0) is 6.42 Å². The van der Waals surface area contributed by atoms with Gasteiger partial charge in [0, 0.05) is 18.4 Å². The molecule has 2 aromatic carbocycles. The minimum absolute atomic E-state index is 0.115. The lowest BCUT2D eigenvalue weighted by Gasteiger charge is -2.15. The van der Waals surface area contributed by atoms with Crippen molar-refractivity contribution in [2.45, 2.75) is 25.1 Å². The smallest absolute Gasteiger partial charge is 0.165 e. The molecule has 2 aromatic rings. The lowest BCUT2D eigenvalue weighted by atomic mass is 9.99. The van der Waals surface area contributed by atoms with Crippen LogP contribution < -0.4 is 0 Å². The quantitative estimate of drug-likeness (QED) is 0.820. The van der Waals surface area contributed by atoms with Crippen molar-refractivity contribution in [1.29, 1.82) is 0 Å². The number of halogens is 1. The zero-order chi connectivity index (χ0) is 14.4. The van der Waals surface area contributed by atoms with Gasteiger partial charge in [-0.05, 0) is 5.56 Å². The molecule has 0 aliphatic carbocycles. The number of aliphatic hydroxyl groups is 1. The summed E-state index contributed by atoms with van der Waals surface area (Å²) in [6.07, 6.45) is -2.80. The van der Waals surface area contributed by atoms with E-state index >= 15 is 0 Å². The molecule has 2 nitrogen and oxygen atoms in total. The van der Waals surface area contributed by atoms with E-state index in [1.807, 2.05) is 18.2 Å². The largest absolute Gasteiger partial charge is 0.390 e. The van der Waals surface area contributed by atoms with Crippen LogP contribution in [0.15, 0.2) is 60.7 Å². The number of aliphatic hydroxyl groups excluding tert-OH is 1. The Morgan fingerprint density at radius 2 is 1.55 bits per heavy atom. The number of Topliss-reactive ketones (excluding diaryl/α,β-unsaturated/α-hetero) is 1. The van der Waals surface area contributed by atoms with Crippen molar-refractivity contribution in [2.24, 2.45) is 0 Å². The number of rotatable bonds is 6. The maximum Gasteiger partial charge on any atom is 0.165 e. The molecular formula is C17H17FO2. The van der Waals surface area contributed by atoms with Gasteiger partial charge in [-0.25, -0.2) is 4.39 Å². The Balaban J connectivity index is 1.91. The van der Waals surface area contributed by atoms with Gasteiger partial charge in [-0.15, -0.1) is 0 Å². The van der Waals surface area contributed by atoms with E-state index in [-0.39, 0.29) is 18.6 Å². The van der Waals surface area contributed by atoms with Crippen molar-refractivity contribution < 1.29 is 14.3 Å². The van der Waals surface area contributed by atoms with E-state index in [0.29, 0.717) is 5.56 Å². The molecule has 0 fully saturated rings. The molecule has 0 spiro atoms. The average molecular weight is 272 g/mol. The van der Waals surface area contributed by atoms with Crippen LogP contribution in [0.2, 0.25) is 0 Å². The summed E-state index contributed by atoms with van der Waals surface area (Å²) >= 11 is 0. The minimum atomic E-state index is -1.44. The molecule has 0 radical (unpaired) electrons. The molecule has 104 valence electrons. The topological polar surface area (TPSA) is 37.3 Å². The first-order valence-corrected chi connectivity index (χ1v) is 6.61. The van der Waals surface area contributed by atoms with Gasteiger partial charge in [0.1, 0.15) is 6.17 Å². The second kappa shape index (κ2) is 6.96. The van der Waals surface area contributed by atoms with Crippen molar-refractivity contribution in [3.05, 3.63) is 71.8 Å². The summed E-state index contributed by atoms with van der Waals surface area (Å²) in [6, 6.07) is 17.7. The lowest BCUT2D eigenvalue weighted by Crippen LogP contribution is -2.27. The SMILES string of the molecule is O=C(C[C@@H](O)[C@@H](F)Cc1ccccc1)c1ccccc1. The number of hydrogen-bond donors (Lipinski definition) is 1. The van der Waals surface area contributed by atoms with Crippen molar-refractivity contribution in [3.63, 3.8) is 0 Å². The van der Waals surface area contributed by atoms with Crippen LogP contribution >= 0.6 is 0 Å². The third-order valence-electron chi connectivity index (χ3n) is 3.18. The van der Waals surface area contributed by atoms with Crippen LogP contribution in [0.4, 0.5) is 4.39 Å². The Morgan fingerprint density at radius 1 is 1.00 bits per heavy atom. The summed E-state index contributed by atoms with van der Waals surface area (Å²) in [5.74, 6) is -0.242. The highest BCUT2D eigenvalue weighted by Crippen LogP contribution is 2.14. The molecule has 0 amide bonds. The maximum absolute atomic E-state index is 14.0. The van der Waals surface area contributed by atoms with Gasteiger partial charge in [-0.2, -0.15) is 0 Å². The van der Waals surface area contributed by atoms with Gasteiger partial charge in [0.2, 0.25) is 0 Å². The first-order valence-electron chi connectivity index (χ1n) is 6.61. The van der Waals surface area contributed by atoms with Crippen LogP contribution in [0.3, 0.4) is 0 Å². The van der Waals surface area contributed by atoms with Gasteiger partial charge in [0.05, 0.1) is 6.10 Å². The van der Waals surface area contributed by atoms with E-state index in [1.54, 1.807) is 42.5 Å². The molecule has 3 heteroatoms. The average Bonchev–Trinajstić information content (AvgIpc) is 2.49. The molecule has 0 aliphatic rings. The van der Waals surface area contributed by atoms with Gasteiger partial charge in [0.25, 0.3) is 0 Å². The highest BCUT2D eigenvalue weighted by molar-refractivity contribution is 5.96. The van der Waals surface area contributed by atoms with Crippen LogP contribution in [0.1, 0.15) is 22.3 Å². The second-order valence-corrected chi connectivity index (χ2v) is 4.77. The van der Waals surface area contributed by atoms with E-state index in [2.05, 4.69) is 0 Å². The van der Waals surface area contributed by atoms with Crippen LogP contribution in [0, 0.1) is 0 Å². The third kappa shape index (κ3) is 4.00. The molecule has 1 N–H and O–H groups in total. The Hall–Kier alpha value is -2.00. The maximum atomic E-state index is 14.0. The van der Waals surface area contributed by atoms with E-state index in [1.165, 1.54) is 0 Å². The standard InChI is InChI=1S/C17H17FO2/c18-15(11-13-7-3-1-4-8-13)17(20)12-16(19)14-9-5-2-6-10-14/h1-10,15,17,20H,11-12H2/t15-,17+/m0/s1. The summed E-state index contributed by atoms with van der Waals surface area (Å²) in [5, 5.41) is 9.81. The summed E-state index contributed by atoms with van der Waals surface area (Å²) in [4.78, 5) is 11.9. The molecular weight excluding hydrogens is 255 g/mol. The number of carbonyl (C=O) groups excluding carboxylic acids is 1. The van der Waals surface area contributed by atoms with Gasteiger partial charge in [0.15, 0.2) is 5.78 Å². The highest BCUT2D eigenvalue weighted by Gasteiger charge is 2.22. The lowest BCUT2D eigenvalue weighted by molar-refractivity contribution is 0.0600. The Kier molecular flexibility index (Phi) is 5.02. The van der Waals surface area contributed by atoms with E-state index < -0.39 is 12.3 Å². The van der Waals surface area contributed by atoms with Crippen molar-refractivity contribution in [2.75, 3.05) is 0 Å². The Labute approximate surface area is 117 Å². The molecule has 2 rings (SSSR count). The Morgan fingerprint density at radius 3 is 2.15 bits per heavy atom. The van der Waals surface area contributed by atoms with E-state index in [4.69, 9.17) is 0 Å². The summed E-state index contributed by atoms with van der Waals surface area (Å²) in [7, 11) is 0. The predicted molar refractivity (Wildman–Crippen MR) is 76.4 cm³/mol. The minimum Gasteiger partial charge on any atom is -0.390 e. The third-order valence-corrected chi connectivity index (χ3v) is 3.18. The number of ketones is 1. The summed E-state index contributed by atoms with van der Waals surface area (Å²) in [5.41, 5.74) is 1.31. The van der Waals surface area contributed by atoms with Gasteiger partial charge < -0.3 is 5.11 Å². The summed E-state index contributed by atoms with van der Waals surface area (Å²) < 4.78 is 14.0. The second-order valence-electron chi connectivity index (χ2n) is 4.77. The van der Waals surface area contributed by atoms with Gasteiger partial charge in [-0.1, -0.05) is 60.7 Å². The van der Waals surface area contributed by atoms with Gasteiger partial charge in [-0.3, -0.25) is 4.79 Å². The zero-order valence-corrected chi connectivity index (χ0v) is 11.1. The molecule has 20 heavy (non-hydrogen) atoms. The predicted octanol–water partition coefficient (Wildman–Crippen LogP) is 3.20. The van der Waals surface area contributed by atoms with E-state index in [9.17, 15) is 14.3 Å². The fourth-order valence-corrected chi connectivity index (χ4v) is 2.04. The molecule has 0 aromatic heterocycles. The van der Waals surface area contributed by atoms with Crippen LogP contribution in [0.5, 0.6) is 0 Å². The number of hydrogen-bond acceptors (Lipinski definition) is 2. The number of benzene rings is 2. The van der Waals surface area contributed by atoms with Crippen molar-refractivity contribution >= 4 is 5.78 Å². The van der Waals surface area contributed by atoms with Crippen molar-refractivity contribution in [1.82, 2.24) is 0 Å².